The first kappa shape index (κ1) is 18.0. The number of aliphatic hydroxyl groups excluding tert-OH is 1. The van der Waals surface area contributed by atoms with E-state index in [-0.39, 0.29) is 12.6 Å². The maximum absolute atomic E-state index is 11.8. The smallest absolute Gasteiger partial charge is 0.407 e. The molecule has 0 spiro atoms. The molecule has 0 aliphatic carbocycles. The lowest BCUT2D eigenvalue weighted by atomic mass is 10.0. The fourth-order valence-corrected chi connectivity index (χ4v) is 2.50. The Morgan fingerprint density at radius 1 is 1.04 bits per heavy atom. The Morgan fingerprint density at radius 2 is 1.67 bits per heavy atom. The zero-order chi connectivity index (χ0) is 17.2. The average molecular weight is 327 g/mol. The molecule has 4 nitrogen and oxygen atoms in total. The standard InChI is InChI=1S/C20H25NO3/c1-16(9-8-14-19(22)18-12-6-3-7-13-18)21-20(23)24-15-17-10-4-2-5-11-17/h2-7,10-13,16,19,22H,8-9,14-15H2,1H3,(H,21,23)/t16-,19-/m1/s1. The van der Waals surface area contributed by atoms with Crippen molar-refractivity contribution < 1.29 is 14.6 Å². The Balaban J connectivity index is 1.62. The van der Waals surface area contributed by atoms with Crippen molar-refractivity contribution in [1.29, 1.82) is 0 Å². The number of alkyl carbamates (subject to hydrolysis) is 1. The van der Waals surface area contributed by atoms with Crippen LogP contribution in [-0.2, 0) is 11.3 Å². The van der Waals surface area contributed by atoms with Gasteiger partial charge in [-0.25, -0.2) is 4.79 Å². The second-order valence-corrected chi connectivity index (χ2v) is 5.96. The number of hydrogen-bond acceptors (Lipinski definition) is 3. The number of ether oxygens (including phenoxy) is 1. The third-order valence-corrected chi connectivity index (χ3v) is 3.88. The van der Waals surface area contributed by atoms with Gasteiger partial charge >= 0.3 is 6.09 Å². The lowest BCUT2D eigenvalue weighted by Crippen LogP contribution is -2.33. The van der Waals surface area contributed by atoms with Gasteiger partial charge in [0.2, 0.25) is 0 Å². The van der Waals surface area contributed by atoms with E-state index in [2.05, 4.69) is 5.32 Å². The second kappa shape index (κ2) is 9.73. The summed E-state index contributed by atoms with van der Waals surface area (Å²) in [6, 6.07) is 19.2. The van der Waals surface area contributed by atoms with E-state index in [4.69, 9.17) is 4.74 Å². The number of aliphatic hydroxyl groups is 1. The van der Waals surface area contributed by atoms with Gasteiger partial charge in [0.1, 0.15) is 6.61 Å². The number of amides is 1. The van der Waals surface area contributed by atoms with Crippen LogP contribution in [0.5, 0.6) is 0 Å². The molecule has 0 saturated heterocycles. The average Bonchev–Trinajstić information content (AvgIpc) is 2.61. The summed E-state index contributed by atoms with van der Waals surface area (Å²) in [5.74, 6) is 0. The molecule has 24 heavy (non-hydrogen) atoms. The first-order valence-corrected chi connectivity index (χ1v) is 8.35. The van der Waals surface area contributed by atoms with Crippen LogP contribution >= 0.6 is 0 Å². The van der Waals surface area contributed by atoms with Gasteiger partial charge in [-0.05, 0) is 37.3 Å². The molecule has 2 aromatic carbocycles. The molecule has 0 saturated carbocycles. The normalized spacial score (nSPS) is 13.1. The maximum atomic E-state index is 11.8. The van der Waals surface area contributed by atoms with Crippen molar-refractivity contribution in [3.63, 3.8) is 0 Å². The summed E-state index contributed by atoms with van der Waals surface area (Å²) < 4.78 is 5.20. The van der Waals surface area contributed by atoms with Crippen molar-refractivity contribution in [3.8, 4) is 0 Å². The lowest BCUT2D eigenvalue weighted by molar-refractivity contribution is 0.134. The minimum absolute atomic E-state index is 0.0104. The van der Waals surface area contributed by atoms with Crippen LogP contribution < -0.4 is 5.32 Å². The van der Waals surface area contributed by atoms with Gasteiger partial charge < -0.3 is 15.2 Å². The highest BCUT2D eigenvalue weighted by Gasteiger charge is 2.11. The largest absolute Gasteiger partial charge is 0.445 e. The Bertz CT molecular complexity index is 601. The highest BCUT2D eigenvalue weighted by atomic mass is 16.5. The molecular weight excluding hydrogens is 302 g/mol. The third-order valence-electron chi connectivity index (χ3n) is 3.88. The van der Waals surface area contributed by atoms with E-state index >= 15 is 0 Å². The Labute approximate surface area is 143 Å². The van der Waals surface area contributed by atoms with Crippen molar-refractivity contribution in [3.05, 3.63) is 71.8 Å². The highest BCUT2D eigenvalue weighted by Crippen LogP contribution is 2.19. The van der Waals surface area contributed by atoms with Crippen LogP contribution in [0.1, 0.15) is 43.4 Å². The molecule has 0 fully saturated rings. The maximum Gasteiger partial charge on any atom is 0.407 e. The first-order chi connectivity index (χ1) is 11.6. The SMILES string of the molecule is C[C@H](CCC[C@@H](O)c1ccccc1)NC(=O)OCc1ccccc1. The van der Waals surface area contributed by atoms with E-state index in [1.54, 1.807) is 0 Å². The first-order valence-electron chi connectivity index (χ1n) is 8.35. The van der Waals surface area contributed by atoms with Crippen LogP contribution in [0.25, 0.3) is 0 Å². The van der Waals surface area contributed by atoms with E-state index in [1.165, 1.54) is 0 Å². The fourth-order valence-electron chi connectivity index (χ4n) is 2.50. The summed E-state index contributed by atoms with van der Waals surface area (Å²) in [4.78, 5) is 11.8. The molecule has 0 bridgehead atoms. The number of hydrogen-bond donors (Lipinski definition) is 2. The van der Waals surface area contributed by atoms with Crippen LogP contribution in [0.3, 0.4) is 0 Å². The molecule has 2 N–H and O–H groups in total. The summed E-state index contributed by atoms with van der Waals surface area (Å²) >= 11 is 0. The third kappa shape index (κ3) is 6.42. The minimum Gasteiger partial charge on any atom is -0.445 e. The topological polar surface area (TPSA) is 58.6 Å². The summed E-state index contributed by atoms with van der Waals surface area (Å²) in [5.41, 5.74) is 1.90. The molecule has 2 atom stereocenters. The van der Waals surface area contributed by atoms with Gasteiger partial charge in [0.25, 0.3) is 0 Å². The number of benzene rings is 2. The predicted octanol–water partition coefficient (Wildman–Crippen LogP) is 4.21. The minimum atomic E-state index is -0.455. The number of rotatable bonds is 8. The van der Waals surface area contributed by atoms with E-state index in [1.807, 2.05) is 67.6 Å². The van der Waals surface area contributed by atoms with Crippen LogP contribution in [0, 0.1) is 0 Å². The van der Waals surface area contributed by atoms with Crippen molar-refractivity contribution in [2.75, 3.05) is 0 Å². The second-order valence-electron chi connectivity index (χ2n) is 5.96. The molecule has 4 heteroatoms. The van der Waals surface area contributed by atoms with Gasteiger partial charge in [0.15, 0.2) is 0 Å². The molecule has 0 aliphatic rings. The lowest BCUT2D eigenvalue weighted by Gasteiger charge is -2.15. The predicted molar refractivity (Wildman–Crippen MR) is 94.5 cm³/mol. The van der Waals surface area contributed by atoms with Crippen molar-refractivity contribution in [2.45, 2.75) is 44.9 Å². The zero-order valence-corrected chi connectivity index (χ0v) is 14.0. The molecule has 0 aliphatic heterocycles. The van der Waals surface area contributed by atoms with E-state index < -0.39 is 12.2 Å². The van der Waals surface area contributed by atoms with Crippen LogP contribution in [0.2, 0.25) is 0 Å². The molecule has 1 amide bonds. The molecule has 0 unspecified atom stereocenters. The molecule has 0 heterocycles. The molecule has 128 valence electrons. The van der Waals surface area contributed by atoms with Gasteiger partial charge in [0, 0.05) is 6.04 Å². The summed E-state index contributed by atoms with van der Waals surface area (Å²) in [7, 11) is 0. The highest BCUT2D eigenvalue weighted by molar-refractivity contribution is 5.67. The Hall–Kier alpha value is -2.33. The van der Waals surface area contributed by atoms with Crippen LogP contribution in [-0.4, -0.2) is 17.2 Å². The van der Waals surface area contributed by atoms with Gasteiger partial charge in [-0.2, -0.15) is 0 Å². The zero-order valence-electron chi connectivity index (χ0n) is 14.0. The van der Waals surface area contributed by atoms with Gasteiger partial charge in [0.05, 0.1) is 6.10 Å². The quantitative estimate of drug-likeness (QED) is 0.764. The van der Waals surface area contributed by atoms with Gasteiger partial charge in [-0.15, -0.1) is 0 Å². The van der Waals surface area contributed by atoms with Crippen LogP contribution in [0.15, 0.2) is 60.7 Å². The Morgan fingerprint density at radius 3 is 2.33 bits per heavy atom. The number of carbonyl (C=O) groups is 1. The van der Waals surface area contributed by atoms with Crippen LogP contribution in [0.4, 0.5) is 4.79 Å². The fraction of sp³-hybridized carbons (Fsp3) is 0.350. The molecular formula is C20H25NO3. The monoisotopic (exact) mass is 327 g/mol. The number of carbonyl (C=O) groups excluding carboxylic acids is 1. The van der Waals surface area contributed by atoms with E-state index in [0.29, 0.717) is 6.42 Å². The molecule has 2 aromatic rings. The molecule has 2 rings (SSSR count). The van der Waals surface area contributed by atoms with Crippen molar-refractivity contribution in [2.24, 2.45) is 0 Å². The summed E-state index contributed by atoms with van der Waals surface area (Å²) in [6.07, 6.45) is 1.44. The van der Waals surface area contributed by atoms with Crippen molar-refractivity contribution >= 4 is 6.09 Å². The number of nitrogens with one attached hydrogen (secondary N) is 1. The van der Waals surface area contributed by atoms with Gasteiger partial charge in [-0.1, -0.05) is 60.7 Å². The Kier molecular flexibility index (Phi) is 7.30. The molecule has 0 aromatic heterocycles. The molecule has 0 radical (unpaired) electrons. The van der Waals surface area contributed by atoms with Gasteiger partial charge in [-0.3, -0.25) is 0 Å². The van der Waals surface area contributed by atoms with E-state index in [9.17, 15) is 9.90 Å². The summed E-state index contributed by atoms with van der Waals surface area (Å²) in [6.45, 7) is 2.21. The van der Waals surface area contributed by atoms with E-state index in [0.717, 1.165) is 24.0 Å². The van der Waals surface area contributed by atoms with Crippen molar-refractivity contribution in [1.82, 2.24) is 5.32 Å². The summed E-state index contributed by atoms with van der Waals surface area (Å²) in [5, 5.41) is 12.9.